The second-order valence-corrected chi connectivity index (χ2v) is 6.82. The second kappa shape index (κ2) is 11.5. The van der Waals surface area contributed by atoms with Crippen LogP contribution in [-0.4, -0.2) is 45.7 Å². The van der Waals surface area contributed by atoms with E-state index in [-0.39, 0.29) is 24.0 Å². The van der Waals surface area contributed by atoms with Crippen molar-refractivity contribution in [2.45, 2.75) is 13.0 Å². The number of methoxy groups -OCH3 is 1. The highest BCUT2D eigenvalue weighted by molar-refractivity contribution is 14.0. The van der Waals surface area contributed by atoms with Crippen molar-refractivity contribution in [3.63, 3.8) is 0 Å². The van der Waals surface area contributed by atoms with Crippen molar-refractivity contribution in [3.8, 4) is 5.75 Å². The van der Waals surface area contributed by atoms with Gasteiger partial charge in [-0.05, 0) is 24.1 Å². The van der Waals surface area contributed by atoms with E-state index < -0.39 is 0 Å². The fourth-order valence-corrected chi connectivity index (χ4v) is 3.17. The lowest BCUT2D eigenvalue weighted by Gasteiger charge is -2.12. The molecule has 144 valence electrons. The van der Waals surface area contributed by atoms with E-state index in [2.05, 4.69) is 20.6 Å². The van der Waals surface area contributed by atoms with Crippen molar-refractivity contribution < 1.29 is 4.74 Å². The van der Waals surface area contributed by atoms with Crippen LogP contribution < -0.4 is 20.3 Å². The predicted molar refractivity (Wildman–Crippen MR) is 122 cm³/mol. The average Bonchev–Trinajstić information content (AvgIpc) is 3.08. The van der Waals surface area contributed by atoms with Gasteiger partial charge in [0, 0.05) is 38.1 Å². The zero-order valence-electron chi connectivity index (χ0n) is 15.4. The van der Waals surface area contributed by atoms with Gasteiger partial charge in [-0.1, -0.05) is 17.7 Å². The van der Waals surface area contributed by atoms with Crippen LogP contribution in [0.1, 0.15) is 11.3 Å². The normalized spacial score (nSPS) is 10.9. The molecule has 9 heteroatoms. The highest BCUT2D eigenvalue weighted by Crippen LogP contribution is 2.22. The predicted octanol–water partition coefficient (Wildman–Crippen LogP) is 3.40. The van der Waals surface area contributed by atoms with Crippen molar-refractivity contribution in [1.29, 1.82) is 0 Å². The Kier molecular flexibility index (Phi) is 10.0. The van der Waals surface area contributed by atoms with Gasteiger partial charge in [-0.3, -0.25) is 4.99 Å². The maximum atomic E-state index is 6.26. The number of nitrogens with one attached hydrogen (secondary N) is 2. The molecule has 1 aromatic carbocycles. The third-order valence-electron chi connectivity index (χ3n) is 3.53. The summed E-state index contributed by atoms with van der Waals surface area (Å²) in [6, 6.07) is 5.73. The largest absolute Gasteiger partial charge is 0.497 e. The van der Waals surface area contributed by atoms with Gasteiger partial charge in [-0.2, -0.15) is 0 Å². The monoisotopic (exact) mass is 509 g/mol. The number of thiazole rings is 1. The molecule has 26 heavy (non-hydrogen) atoms. The van der Waals surface area contributed by atoms with Crippen molar-refractivity contribution in [2.75, 3.05) is 39.7 Å². The highest BCUT2D eigenvalue weighted by atomic mass is 127. The number of hydrogen-bond donors (Lipinski definition) is 2. The van der Waals surface area contributed by atoms with Gasteiger partial charge in [0.2, 0.25) is 0 Å². The molecule has 1 aromatic heterocycles. The van der Waals surface area contributed by atoms with Crippen molar-refractivity contribution in [3.05, 3.63) is 39.9 Å². The zero-order valence-corrected chi connectivity index (χ0v) is 19.3. The molecule has 0 unspecified atom stereocenters. The van der Waals surface area contributed by atoms with Gasteiger partial charge in [0.25, 0.3) is 0 Å². The number of hydrogen-bond acceptors (Lipinski definition) is 5. The summed E-state index contributed by atoms with van der Waals surface area (Å²) in [5.74, 6) is 1.50. The summed E-state index contributed by atoms with van der Waals surface area (Å²) in [6.45, 7) is 1.36. The summed E-state index contributed by atoms with van der Waals surface area (Å²) < 4.78 is 5.16. The Morgan fingerprint density at radius 1 is 1.35 bits per heavy atom. The summed E-state index contributed by atoms with van der Waals surface area (Å²) in [7, 11) is 7.36. The molecule has 0 bridgehead atoms. The molecule has 0 aliphatic carbocycles. The minimum absolute atomic E-state index is 0. The fraction of sp³-hybridized carbons (Fsp3) is 0.412. The van der Waals surface area contributed by atoms with E-state index in [0.29, 0.717) is 11.6 Å². The van der Waals surface area contributed by atoms with E-state index in [1.807, 2.05) is 42.6 Å². The molecule has 2 N–H and O–H groups in total. The molecule has 0 atom stereocenters. The Hall–Kier alpha value is -1.26. The smallest absolute Gasteiger partial charge is 0.191 e. The first kappa shape index (κ1) is 22.8. The SMILES string of the molecule is CN=C(NCCc1ccc(OC)cc1Cl)NCc1csc(N(C)C)n1.I. The average molecular weight is 510 g/mol. The van der Waals surface area contributed by atoms with Crippen LogP contribution in [0, 0.1) is 0 Å². The van der Waals surface area contributed by atoms with Crippen LogP contribution in [0.2, 0.25) is 5.02 Å². The maximum absolute atomic E-state index is 6.26. The molecule has 1 heterocycles. The van der Waals surface area contributed by atoms with Gasteiger partial charge >= 0.3 is 0 Å². The van der Waals surface area contributed by atoms with E-state index >= 15 is 0 Å². The molecule has 0 saturated heterocycles. The van der Waals surface area contributed by atoms with Crippen molar-refractivity contribution in [1.82, 2.24) is 15.6 Å². The van der Waals surface area contributed by atoms with Gasteiger partial charge < -0.3 is 20.3 Å². The lowest BCUT2D eigenvalue weighted by Crippen LogP contribution is -2.38. The third-order valence-corrected chi connectivity index (χ3v) is 4.94. The molecular weight excluding hydrogens is 485 g/mol. The maximum Gasteiger partial charge on any atom is 0.191 e. The number of nitrogens with zero attached hydrogens (tertiary/aromatic N) is 3. The van der Waals surface area contributed by atoms with E-state index in [0.717, 1.165) is 41.1 Å². The molecule has 0 spiro atoms. The highest BCUT2D eigenvalue weighted by Gasteiger charge is 2.06. The first-order valence-electron chi connectivity index (χ1n) is 7.92. The number of ether oxygens (including phenoxy) is 1. The number of halogens is 2. The molecule has 0 amide bonds. The lowest BCUT2D eigenvalue weighted by molar-refractivity contribution is 0.414. The quantitative estimate of drug-likeness (QED) is 0.340. The third kappa shape index (κ3) is 6.81. The van der Waals surface area contributed by atoms with E-state index in [9.17, 15) is 0 Å². The van der Waals surface area contributed by atoms with Crippen LogP contribution in [0.25, 0.3) is 0 Å². The first-order valence-corrected chi connectivity index (χ1v) is 9.18. The Bertz CT molecular complexity index is 723. The fourth-order valence-electron chi connectivity index (χ4n) is 2.15. The number of benzene rings is 1. The van der Waals surface area contributed by atoms with Gasteiger partial charge in [-0.25, -0.2) is 4.98 Å². The summed E-state index contributed by atoms with van der Waals surface area (Å²) in [5, 5.41) is 10.3. The summed E-state index contributed by atoms with van der Waals surface area (Å²) in [5.41, 5.74) is 2.07. The van der Waals surface area contributed by atoms with Crippen LogP contribution in [0.4, 0.5) is 5.13 Å². The Balaban J connectivity index is 0.00000338. The summed E-state index contributed by atoms with van der Waals surface area (Å²) in [6.07, 6.45) is 0.797. The molecule has 0 radical (unpaired) electrons. The van der Waals surface area contributed by atoms with Crippen LogP contribution in [0.5, 0.6) is 5.75 Å². The van der Waals surface area contributed by atoms with Gasteiger partial charge in [0.15, 0.2) is 11.1 Å². The minimum Gasteiger partial charge on any atom is -0.497 e. The van der Waals surface area contributed by atoms with Crippen molar-refractivity contribution in [2.24, 2.45) is 4.99 Å². The van der Waals surface area contributed by atoms with Crippen molar-refractivity contribution >= 4 is 58.0 Å². The second-order valence-electron chi connectivity index (χ2n) is 5.58. The molecule has 0 aliphatic heterocycles. The topological polar surface area (TPSA) is 61.8 Å². The van der Waals surface area contributed by atoms with Gasteiger partial charge in [-0.15, -0.1) is 35.3 Å². The van der Waals surface area contributed by atoms with Crippen LogP contribution in [0.3, 0.4) is 0 Å². The minimum atomic E-state index is 0. The number of rotatable bonds is 7. The van der Waals surface area contributed by atoms with E-state index in [1.165, 1.54) is 0 Å². The molecule has 2 aromatic rings. The van der Waals surface area contributed by atoms with Gasteiger partial charge in [0.1, 0.15) is 5.75 Å². The molecular formula is C17H25ClIN5OS. The summed E-state index contributed by atoms with van der Waals surface area (Å²) >= 11 is 7.89. The van der Waals surface area contributed by atoms with Crippen LogP contribution >= 0.6 is 46.9 Å². The molecule has 0 fully saturated rings. The number of aliphatic imine (C=N–C) groups is 1. The van der Waals surface area contributed by atoms with Gasteiger partial charge in [0.05, 0.1) is 19.3 Å². The zero-order chi connectivity index (χ0) is 18.2. The standard InChI is InChI=1S/C17H24ClN5OS.HI/c1-19-16(21-10-13-11-25-17(22-13)23(2)3)20-8-7-12-5-6-14(24-4)9-15(12)18;/h5-6,9,11H,7-8,10H2,1-4H3,(H2,19,20,21);1H. The summed E-state index contributed by atoms with van der Waals surface area (Å²) in [4.78, 5) is 10.8. The van der Waals surface area contributed by atoms with E-state index in [1.54, 1.807) is 25.5 Å². The number of anilines is 1. The number of guanidine groups is 1. The Morgan fingerprint density at radius 3 is 2.69 bits per heavy atom. The van der Waals surface area contributed by atoms with Crippen LogP contribution in [0.15, 0.2) is 28.6 Å². The lowest BCUT2D eigenvalue weighted by atomic mass is 10.1. The first-order chi connectivity index (χ1) is 12.0. The molecule has 2 rings (SSSR count). The Morgan fingerprint density at radius 2 is 2.12 bits per heavy atom. The van der Waals surface area contributed by atoms with Crippen LogP contribution in [-0.2, 0) is 13.0 Å². The molecule has 6 nitrogen and oxygen atoms in total. The molecule has 0 saturated carbocycles. The Labute approximate surface area is 181 Å². The number of aromatic nitrogens is 1. The van der Waals surface area contributed by atoms with E-state index in [4.69, 9.17) is 16.3 Å². The molecule has 0 aliphatic rings.